The summed E-state index contributed by atoms with van der Waals surface area (Å²) in [6.45, 7) is 6.38. The van der Waals surface area contributed by atoms with Crippen LogP contribution in [-0.2, 0) is 6.54 Å². The fraction of sp³-hybridized carbons (Fsp3) is 0.182. The number of hydrogen-bond acceptors (Lipinski definition) is 2. The van der Waals surface area contributed by atoms with E-state index in [1.807, 2.05) is 74.0 Å². The summed E-state index contributed by atoms with van der Waals surface area (Å²) in [7, 11) is 0. The van der Waals surface area contributed by atoms with Gasteiger partial charge in [0.25, 0.3) is 5.56 Å². The molecule has 0 radical (unpaired) electrons. The van der Waals surface area contributed by atoms with Crippen molar-refractivity contribution in [1.82, 2.24) is 14.3 Å². The van der Waals surface area contributed by atoms with Gasteiger partial charge in [-0.2, -0.15) is 5.10 Å². The first-order chi connectivity index (χ1) is 13.0. The van der Waals surface area contributed by atoms with Gasteiger partial charge in [0.05, 0.1) is 17.9 Å². The van der Waals surface area contributed by atoms with E-state index in [9.17, 15) is 4.79 Å². The molecule has 0 saturated heterocycles. The Morgan fingerprint density at radius 3 is 2.41 bits per heavy atom. The maximum absolute atomic E-state index is 12.9. The summed E-state index contributed by atoms with van der Waals surface area (Å²) in [5.74, 6) is 0. The minimum Gasteiger partial charge on any atom is -0.288 e. The van der Waals surface area contributed by atoms with Crippen molar-refractivity contribution in [1.29, 1.82) is 0 Å². The smallest absolute Gasteiger partial charge is 0.252 e. The number of halogens is 1. The van der Waals surface area contributed by atoms with Crippen LogP contribution in [0, 0.1) is 20.8 Å². The number of benzene rings is 2. The lowest BCUT2D eigenvalue weighted by atomic mass is 10.1. The van der Waals surface area contributed by atoms with E-state index in [1.165, 1.54) is 5.56 Å². The van der Waals surface area contributed by atoms with Crippen molar-refractivity contribution in [3.63, 3.8) is 0 Å². The van der Waals surface area contributed by atoms with Gasteiger partial charge in [0, 0.05) is 16.5 Å². The highest BCUT2D eigenvalue weighted by Crippen LogP contribution is 2.25. The Morgan fingerprint density at radius 2 is 1.70 bits per heavy atom. The quantitative estimate of drug-likeness (QED) is 0.513. The molecule has 136 valence electrons. The van der Waals surface area contributed by atoms with E-state index >= 15 is 0 Å². The number of aryl methyl sites for hydroxylation is 3. The molecule has 27 heavy (non-hydrogen) atoms. The Morgan fingerprint density at radius 1 is 1.00 bits per heavy atom. The summed E-state index contributed by atoms with van der Waals surface area (Å²) in [4.78, 5) is 12.9. The SMILES string of the molecule is Cc1ccc(-n2nc(C)c3c(C)cc(=O)n(Cc4ccccc4Cl)c32)cc1. The van der Waals surface area contributed by atoms with Crippen LogP contribution in [-0.4, -0.2) is 14.3 Å². The van der Waals surface area contributed by atoms with Crippen LogP contribution >= 0.6 is 11.6 Å². The van der Waals surface area contributed by atoms with E-state index in [4.69, 9.17) is 16.7 Å². The molecule has 2 heterocycles. The van der Waals surface area contributed by atoms with Crippen molar-refractivity contribution >= 4 is 22.6 Å². The summed E-state index contributed by atoms with van der Waals surface area (Å²) in [6, 6.07) is 17.4. The maximum atomic E-state index is 12.9. The largest absolute Gasteiger partial charge is 0.288 e. The average molecular weight is 378 g/mol. The van der Waals surface area contributed by atoms with Gasteiger partial charge in [-0.15, -0.1) is 0 Å². The molecule has 0 aliphatic heterocycles. The number of nitrogens with zero attached hydrogens (tertiary/aromatic N) is 3. The normalized spacial score (nSPS) is 11.3. The fourth-order valence-corrected chi connectivity index (χ4v) is 3.68. The molecule has 4 rings (SSSR count). The van der Waals surface area contributed by atoms with Gasteiger partial charge in [-0.05, 0) is 50.1 Å². The molecule has 0 amide bonds. The molecule has 2 aromatic carbocycles. The lowest BCUT2D eigenvalue weighted by molar-refractivity contribution is 0.750. The molecular formula is C22H20ClN3O. The van der Waals surface area contributed by atoms with Crippen molar-refractivity contribution < 1.29 is 0 Å². The summed E-state index contributed by atoms with van der Waals surface area (Å²) >= 11 is 6.35. The van der Waals surface area contributed by atoms with Crippen molar-refractivity contribution in [2.24, 2.45) is 0 Å². The molecular weight excluding hydrogens is 358 g/mol. The molecule has 5 heteroatoms. The maximum Gasteiger partial charge on any atom is 0.252 e. The van der Waals surface area contributed by atoms with Gasteiger partial charge in [0.15, 0.2) is 0 Å². The minimum absolute atomic E-state index is 0.0619. The van der Waals surface area contributed by atoms with Gasteiger partial charge in [0.1, 0.15) is 5.65 Å². The number of rotatable bonds is 3. The summed E-state index contributed by atoms with van der Waals surface area (Å²) in [5, 5.41) is 6.39. The number of hydrogen-bond donors (Lipinski definition) is 0. The van der Waals surface area contributed by atoms with Crippen molar-refractivity contribution in [3.05, 3.63) is 92.4 Å². The zero-order chi connectivity index (χ0) is 19.1. The van der Waals surface area contributed by atoms with Crippen LogP contribution in [0.2, 0.25) is 5.02 Å². The minimum atomic E-state index is -0.0619. The number of aromatic nitrogens is 3. The number of fused-ring (bicyclic) bond motifs is 1. The summed E-state index contributed by atoms with van der Waals surface area (Å²) < 4.78 is 3.61. The Balaban J connectivity index is 2.02. The van der Waals surface area contributed by atoms with E-state index in [1.54, 1.807) is 10.6 Å². The van der Waals surface area contributed by atoms with E-state index in [0.717, 1.165) is 33.5 Å². The topological polar surface area (TPSA) is 39.8 Å². The molecule has 0 saturated carbocycles. The highest BCUT2D eigenvalue weighted by Gasteiger charge is 2.17. The second-order valence-electron chi connectivity index (χ2n) is 6.87. The predicted octanol–water partition coefficient (Wildman–Crippen LogP) is 4.81. The summed E-state index contributed by atoms with van der Waals surface area (Å²) in [5.41, 5.74) is 5.57. The van der Waals surface area contributed by atoms with Crippen molar-refractivity contribution in [3.8, 4) is 5.69 Å². The molecule has 0 unspecified atom stereocenters. The Labute approximate surface area is 162 Å². The van der Waals surface area contributed by atoms with Crippen LogP contribution in [0.4, 0.5) is 0 Å². The number of pyridine rings is 1. The van der Waals surface area contributed by atoms with Gasteiger partial charge in [-0.1, -0.05) is 47.5 Å². The van der Waals surface area contributed by atoms with E-state index in [-0.39, 0.29) is 5.56 Å². The predicted molar refractivity (Wildman–Crippen MR) is 110 cm³/mol. The standard InChI is InChI=1S/C22H20ClN3O/c1-14-8-10-18(11-9-14)26-22-21(16(3)24-26)15(2)12-20(27)25(22)13-17-6-4-5-7-19(17)23/h4-12H,13H2,1-3H3. The Kier molecular flexibility index (Phi) is 4.36. The molecule has 2 aromatic heterocycles. The van der Waals surface area contributed by atoms with Gasteiger partial charge in [0.2, 0.25) is 0 Å². The summed E-state index contributed by atoms with van der Waals surface area (Å²) in [6.07, 6.45) is 0. The van der Waals surface area contributed by atoms with Crippen LogP contribution in [0.1, 0.15) is 22.4 Å². The molecule has 4 aromatic rings. The molecule has 0 bridgehead atoms. The van der Waals surface area contributed by atoms with Crippen LogP contribution in [0.3, 0.4) is 0 Å². The molecule has 0 spiro atoms. The average Bonchev–Trinajstić information content (AvgIpc) is 2.98. The van der Waals surface area contributed by atoms with Crippen LogP contribution in [0.5, 0.6) is 0 Å². The van der Waals surface area contributed by atoms with Gasteiger partial charge in [-0.25, -0.2) is 4.68 Å². The second kappa shape index (κ2) is 6.71. The fourth-order valence-electron chi connectivity index (χ4n) is 3.48. The third-order valence-corrected chi connectivity index (χ3v) is 5.23. The molecule has 0 aliphatic carbocycles. The highest BCUT2D eigenvalue weighted by molar-refractivity contribution is 6.31. The lowest BCUT2D eigenvalue weighted by Crippen LogP contribution is -2.22. The van der Waals surface area contributed by atoms with Crippen LogP contribution < -0.4 is 5.56 Å². The van der Waals surface area contributed by atoms with Crippen molar-refractivity contribution in [2.45, 2.75) is 27.3 Å². The van der Waals surface area contributed by atoms with E-state index in [0.29, 0.717) is 11.6 Å². The van der Waals surface area contributed by atoms with E-state index in [2.05, 4.69) is 0 Å². The third kappa shape index (κ3) is 3.06. The second-order valence-corrected chi connectivity index (χ2v) is 7.28. The van der Waals surface area contributed by atoms with Crippen LogP contribution in [0.25, 0.3) is 16.7 Å². The molecule has 0 fully saturated rings. The first kappa shape index (κ1) is 17.6. The lowest BCUT2D eigenvalue weighted by Gasteiger charge is -2.13. The first-order valence-electron chi connectivity index (χ1n) is 8.86. The van der Waals surface area contributed by atoms with E-state index < -0.39 is 0 Å². The zero-order valence-electron chi connectivity index (χ0n) is 15.5. The van der Waals surface area contributed by atoms with Gasteiger partial charge in [-0.3, -0.25) is 9.36 Å². The molecule has 0 N–H and O–H groups in total. The monoisotopic (exact) mass is 377 g/mol. The molecule has 0 atom stereocenters. The van der Waals surface area contributed by atoms with Gasteiger partial charge < -0.3 is 0 Å². The zero-order valence-corrected chi connectivity index (χ0v) is 16.3. The van der Waals surface area contributed by atoms with Crippen molar-refractivity contribution in [2.75, 3.05) is 0 Å². The van der Waals surface area contributed by atoms with Gasteiger partial charge >= 0.3 is 0 Å². The third-order valence-electron chi connectivity index (χ3n) is 4.86. The first-order valence-corrected chi connectivity index (χ1v) is 9.23. The molecule has 0 aliphatic rings. The molecule has 4 nitrogen and oxygen atoms in total. The van der Waals surface area contributed by atoms with Crippen LogP contribution in [0.15, 0.2) is 59.4 Å². The Bertz CT molecular complexity index is 1200. The Hall–Kier alpha value is -2.85. The highest BCUT2D eigenvalue weighted by atomic mass is 35.5.